The lowest BCUT2D eigenvalue weighted by Crippen LogP contribution is -2.41. The van der Waals surface area contributed by atoms with E-state index >= 15 is 0 Å². The molecule has 3 nitrogen and oxygen atoms in total. The van der Waals surface area contributed by atoms with Gasteiger partial charge in [0, 0.05) is 25.0 Å². The van der Waals surface area contributed by atoms with E-state index in [2.05, 4.69) is 31.2 Å². The molecule has 2 unspecified atom stereocenters. The van der Waals surface area contributed by atoms with Gasteiger partial charge in [0.25, 0.3) is 0 Å². The number of benzene rings is 1. The average Bonchev–Trinajstić information content (AvgIpc) is 2.87. The first-order valence-electron chi connectivity index (χ1n) is 7.18. The predicted octanol–water partition coefficient (Wildman–Crippen LogP) is 2.12. The predicted molar refractivity (Wildman–Crippen MR) is 77.8 cm³/mol. The highest BCUT2D eigenvalue weighted by Gasteiger charge is 2.30. The highest BCUT2D eigenvalue weighted by molar-refractivity contribution is 5.79. The summed E-state index contributed by atoms with van der Waals surface area (Å²) < 4.78 is 0. The van der Waals surface area contributed by atoms with Gasteiger partial charge in [0.1, 0.15) is 0 Å². The van der Waals surface area contributed by atoms with Gasteiger partial charge in [0.15, 0.2) is 0 Å². The fraction of sp³-hybridized carbons (Fsp3) is 0.562. The average molecular weight is 260 g/mol. The van der Waals surface area contributed by atoms with Gasteiger partial charge >= 0.3 is 0 Å². The van der Waals surface area contributed by atoms with Crippen molar-refractivity contribution in [2.24, 2.45) is 11.7 Å². The molecule has 0 aromatic heterocycles. The van der Waals surface area contributed by atoms with E-state index in [1.165, 1.54) is 11.1 Å². The zero-order valence-corrected chi connectivity index (χ0v) is 11.9. The first-order valence-corrected chi connectivity index (χ1v) is 7.18. The van der Waals surface area contributed by atoms with E-state index in [1.807, 2.05) is 11.8 Å². The van der Waals surface area contributed by atoms with Gasteiger partial charge in [-0.25, -0.2) is 0 Å². The number of nitrogens with zero attached hydrogens (tertiary/aromatic N) is 1. The highest BCUT2D eigenvalue weighted by Crippen LogP contribution is 2.23. The van der Waals surface area contributed by atoms with E-state index in [9.17, 15) is 4.79 Å². The second kappa shape index (κ2) is 6.20. The number of rotatable bonds is 4. The summed E-state index contributed by atoms with van der Waals surface area (Å²) in [6.07, 6.45) is 3.18. The lowest BCUT2D eigenvalue weighted by molar-refractivity contribution is -0.135. The molecule has 0 aliphatic carbocycles. The number of likely N-dealkylation sites (tertiary alicyclic amines) is 1. The van der Waals surface area contributed by atoms with Crippen molar-refractivity contribution in [2.45, 2.75) is 39.2 Å². The number of hydrogen-bond donors (Lipinski definition) is 1. The van der Waals surface area contributed by atoms with Crippen molar-refractivity contribution in [3.63, 3.8) is 0 Å². The summed E-state index contributed by atoms with van der Waals surface area (Å²) in [7, 11) is 0. The zero-order valence-electron chi connectivity index (χ0n) is 11.9. The van der Waals surface area contributed by atoms with Crippen LogP contribution >= 0.6 is 0 Å². The molecule has 19 heavy (non-hydrogen) atoms. The molecule has 2 atom stereocenters. The van der Waals surface area contributed by atoms with Crippen molar-refractivity contribution in [1.82, 2.24) is 4.90 Å². The van der Waals surface area contributed by atoms with Crippen LogP contribution < -0.4 is 5.73 Å². The van der Waals surface area contributed by atoms with Crippen molar-refractivity contribution in [1.29, 1.82) is 0 Å². The molecule has 104 valence electrons. The Morgan fingerprint density at radius 1 is 1.42 bits per heavy atom. The zero-order chi connectivity index (χ0) is 13.8. The molecule has 2 N–H and O–H groups in total. The highest BCUT2D eigenvalue weighted by atomic mass is 16.2. The number of hydrogen-bond acceptors (Lipinski definition) is 2. The standard InChI is InChI=1S/C16H24N2O/c1-12-5-7-14(8-6-12)10-15-4-3-9-18(15)16(19)13(2)11-17/h5-8,13,15H,3-4,9-11,17H2,1-2H3. The molecular weight excluding hydrogens is 236 g/mol. The molecule has 1 aliphatic heterocycles. The van der Waals surface area contributed by atoms with E-state index in [-0.39, 0.29) is 11.8 Å². The summed E-state index contributed by atoms with van der Waals surface area (Å²) in [5.74, 6) is 0.163. The van der Waals surface area contributed by atoms with Crippen LogP contribution in [0.2, 0.25) is 0 Å². The van der Waals surface area contributed by atoms with Crippen molar-refractivity contribution >= 4 is 5.91 Å². The second-order valence-electron chi connectivity index (χ2n) is 5.65. The maximum atomic E-state index is 12.3. The topological polar surface area (TPSA) is 46.3 Å². The van der Waals surface area contributed by atoms with Crippen molar-refractivity contribution in [2.75, 3.05) is 13.1 Å². The fourth-order valence-corrected chi connectivity index (χ4v) is 2.72. The van der Waals surface area contributed by atoms with Crippen LogP contribution in [0.3, 0.4) is 0 Å². The monoisotopic (exact) mass is 260 g/mol. The molecule has 2 rings (SSSR count). The summed E-state index contributed by atoms with van der Waals surface area (Å²) >= 11 is 0. The van der Waals surface area contributed by atoms with E-state index in [0.29, 0.717) is 12.6 Å². The minimum atomic E-state index is -0.0568. The van der Waals surface area contributed by atoms with E-state index in [1.54, 1.807) is 0 Å². The lowest BCUT2D eigenvalue weighted by Gasteiger charge is -2.27. The van der Waals surface area contributed by atoms with E-state index < -0.39 is 0 Å². The molecule has 0 saturated carbocycles. The number of carbonyl (C=O) groups is 1. The molecule has 1 fully saturated rings. The van der Waals surface area contributed by atoms with Crippen molar-refractivity contribution in [3.05, 3.63) is 35.4 Å². The summed E-state index contributed by atoms with van der Waals surface area (Å²) in [6.45, 7) is 5.34. The van der Waals surface area contributed by atoms with Gasteiger partial charge in [-0.2, -0.15) is 0 Å². The van der Waals surface area contributed by atoms with Crippen LogP contribution in [0.25, 0.3) is 0 Å². The molecule has 3 heteroatoms. The normalized spacial score (nSPS) is 20.6. The Labute approximate surface area is 115 Å². The minimum Gasteiger partial charge on any atom is -0.339 e. The molecule has 0 radical (unpaired) electrons. The number of carbonyl (C=O) groups excluding carboxylic acids is 1. The second-order valence-corrected chi connectivity index (χ2v) is 5.65. The minimum absolute atomic E-state index is 0.0568. The van der Waals surface area contributed by atoms with Gasteiger partial charge < -0.3 is 10.6 Å². The van der Waals surface area contributed by atoms with Crippen molar-refractivity contribution < 1.29 is 4.79 Å². The van der Waals surface area contributed by atoms with Crippen LogP contribution in [-0.2, 0) is 11.2 Å². The third-order valence-electron chi connectivity index (χ3n) is 4.03. The molecule has 1 aromatic rings. The summed E-state index contributed by atoms with van der Waals surface area (Å²) in [5, 5.41) is 0. The number of amides is 1. The summed E-state index contributed by atoms with van der Waals surface area (Å²) in [5.41, 5.74) is 8.20. The number of nitrogens with two attached hydrogens (primary N) is 1. The molecule has 1 aromatic carbocycles. The van der Waals surface area contributed by atoms with Gasteiger partial charge in [-0.1, -0.05) is 36.8 Å². The fourth-order valence-electron chi connectivity index (χ4n) is 2.72. The molecule has 1 aliphatic rings. The Morgan fingerprint density at radius 3 is 2.74 bits per heavy atom. The van der Waals surface area contributed by atoms with Gasteiger partial charge in [0.05, 0.1) is 0 Å². The summed E-state index contributed by atoms with van der Waals surface area (Å²) in [6, 6.07) is 8.97. The maximum absolute atomic E-state index is 12.3. The number of aryl methyl sites for hydroxylation is 1. The Kier molecular flexibility index (Phi) is 4.59. The Bertz CT molecular complexity index is 427. The molecule has 0 bridgehead atoms. The largest absolute Gasteiger partial charge is 0.339 e. The van der Waals surface area contributed by atoms with Crippen LogP contribution in [0, 0.1) is 12.8 Å². The maximum Gasteiger partial charge on any atom is 0.226 e. The van der Waals surface area contributed by atoms with Crippen LogP contribution in [0.15, 0.2) is 24.3 Å². The first-order chi connectivity index (χ1) is 9.11. The van der Waals surface area contributed by atoms with Gasteiger partial charge in [0.2, 0.25) is 5.91 Å². The molecule has 1 heterocycles. The Balaban J connectivity index is 2.02. The molecule has 1 saturated heterocycles. The third kappa shape index (κ3) is 3.35. The lowest BCUT2D eigenvalue weighted by atomic mass is 10.0. The quantitative estimate of drug-likeness (QED) is 0.901. The summed E-state index contributed by atoms with van der Waals surface area (Å²) in [4.78, 5) is 14.3. The first kappa shape index (κ1) is 14.1. The molecule has 1 amide bonds. The Hall–Kier alpha value is -1.35. The van der Waals surface area contributed by atoms with Crippen LogP contribution in [-0.4, -0.2) is 29.9 Å². The van der Waals surface area contributed by atoms with Gasteiger partial charge in [-0.15, -0.1) is 0 Å². The smallest absolute Gasteiger partial charge is 0.226 e. The molecule has 0 spiro atoms. The van der Waals surface area contributed by atoms with Crippen molar-refractivity contribution in [3.8, 4) is 0 Å². The van der Waals surface area contributed by atoms with E-state index in [4.69, 9.17) is 5.73 Å². The van der Waals surface area contributed by atoms with Crippen LogP contribution in [0.5, 0.6) is 0 Å². The SMILES string of the molecule is Cc1ccc(CC2CCCN2C(=O)C(C)CN)cc1. The third-order valence-corrected chi connectivity index (χ3v) is 4.03. The van der Waals surface area contributed by atoms with E-state index in [0.717, 1.165) is 25.8 Å². The van der Waals surface area contributed by atoms with Crippen LogP contribution in [0.4, 0.5) is 0 Å². The molecular formula is C16H24N2O. The Morgan fingerprint density at radius 2 is 2.11 bits per heavy atom. The van der Waals surface area contributed by atoms with Gasteiger partial charge in [-0.05, 0) is 31.7 Å². The van der Waals surface area contributed by atoms with Gasteiger partial charge in [-0.3, -0.25) is 4.79 Å². The van der Waals surface area contributed by atoms with Crippen LogP contribution in [0.1, 0.15) is 30.9 Å².